The molecule has 0 aliphatic heterocycles. The van der Waals surface area contributed by atoms with Gasteiger partial charge in [0.05, 0.1) is 24.6 Å². The number of likely N-dealkylation sites (N-methyl/N-ethyl adjacent to an activating group) is 1. The van der Waals surface area contributed by atoms with Crippen molar-refractivity contribution in [3.8, 4) is 0 Å². The Labute approximate surface area is 223 Å². The maximum Gasteiger partial charge on any atom is 0.416 e. The summed E-state index contributed by atoms with van der Waals surface area (Å²) >= 11 is 0. The van der Waals surface area contributed by atoms with Crippen LogP contribution in [0.3, 0.4) is 0 Å². The van der Waals surface area contributed by atoms with Crippen molar-refractivity contribution in [3.05, 3.63) is 71.3 Å². The van der Waals surface area contributed by atoms with Crippen molar-refractivity contribution in [2.45, 2.75) is 70.4 Å². The van der Waals surface area contributed by atoms with Gasteiger partial charge in [0.2, 0.25) is 5.91 Å². The van der Waals surface area contributed by atoms with Crippen molar-refractivity contribution in [3.63, 3.8) is 0 Å². The number of unbranched alkanes of at least 4 members (excludes halogenated alkanes) is 4. The number of nitrogens with one attached hydrogen (secondary N) is 1. The Morgan fingerprint density at radius 1 is 0.868 bits per heavy atom. The normalized spacial score (nSPS) is 12.4. The van der Waals surface area contributed by atoms with Gasteiger partial charge in [-0.05, 0) is 50.2 Å². The number of esters is 1. The molecular weight excluding hydrogens is 497 g/mol. The Hall–Kier alpha value is -2.91. The van der Waals surface area contributed by atoms with Crippen molar-refractivity contribution in [2.75, 3.05) is 27.2 Å². The molecule has 1 N–H and O–H groups in total. The predicted octanol–water partition coefficient (Wildman–Crippen LogP) is 5.74. The second kappa shape index (κ2) is 16.8. The molecule has 9 heteroatoms. The van der Waals surface area contributed by atoms with Gasteiger partial charge in [-0.3, -0.25) is 9.59 Å². The van der Waals surface area contributed by atoms with Crippen molar-refractivity contribution < 1.29 is 32.2 Å². The predicted molar refractivity (Wildman–Crippen MR) is 140 cm³/mol. The maximum absolute atomic E-state index is 12.6. The Morgan fingerprint density at radius 2 is 1.50 bits per heavy atom. The Morgan fingerprint density at radius 3 is 2.16 bits per heavy atom. The molecule has 1 amide bonds. The van der Waals surface area contributed by atoms with Gasteiger partial charge in [0, 0.05) is 19.6 Å². The van der Waals surface area contributed by atoms with Crippen LogP contribution in [0.2, 0.25) is 0 Å². The minimum absolute atomic E-state index is 0.0763. The molecule has 2 rings (SSSR count). The summed E-state index contributed by atoms with van der Waals surface area (Å²) in [6.45, 7) is 1.57. The van der Waals surface area contributed by atoms with Crippen LogP contribution < -0.4 is 5.32 Å². The molecule has 0 heterocycles. The van der Waals surface area contributed by atoms with Crippen LogP contribution in [0.5, 0.6) is 0 Å². The Kier molecular flexibility index (Phi) is 13.9. The molecule has 0 saturated heterocycles. The van der Waals surface area contributed by atoms with Crippen molar-refractivity contribution in [1.82, 2.24) is 10.2 Å². The SMILES string of the molecule is CN(C)CC(CC(=O)OCc1ccccc1)NC(=O)CCCCCCCOCc1ccc(C(F)(F)F)cc1. The minimum Gasteiger partial charge on any atom is -0.461 e. The molecule has 210 valence electrons. The minimum atomic E-state index is -4.33. The van der Waals surface area contributed by atoms with Gasteiger partial charge in [-0.15, -0.1) is 0 Å². The van der Waals surface area contributed by atoms with E-state index in [2.05, 4.69) is 5.32 Å². The van der Waals surface area contributed by atoms with E-state index in [-0.39, 0.29) is 37.6 Å². The van der Waals surface area contributed by atoms with Crippen LogP contribution in [-0.4, -0.2) is 50.1 Å². The third-order valence-electron chi connectivity index (χ3n) is 5.85. The number of benzene rings is 2. The van der Waals surface area contributed by atoms with E-state index < -0.39 is 11.7 Å². The molecule has 0 fully saturated rings. The zero-order valence-corrected chi connectivity index (χ0v) is 22.3. The first-order valence-electron chi connectivity index (χ1n) is 13.0. The van der Waals surface area contributed by atoms with Gasteiger partial charge in [0.25, 0.3) is 0 Å². The third-order valence-corrected chi connectivity index (χ3v) is 5.85. The highest BCUT2D eigenvalue weighted by Gasteiger charge is 2.29. The summed E-state index contributed by atoms with van der Waals surface area (Å²) in [6.07, 6.45) is 0.605. The van der Waals surface area contributed by atoms with Gasteiger partial charge in [0.1, 0.15) is 6.61 Å². The first-order chi connectivity index (χ1) is 18.1. The van der Waals surface area contributed by atoms with Crippen molar-refractivity contribution in [1.29, 1.82) is 0 Å². The average molecular weight is 537 g/mol. The number of carbonyl (C=O) groups excluding carboxylic acids is 2. The van der Waals surface area contributed by atoms with E-state index in [1.54, 1.807) is 0 Å². The van der Waals surface area contributed by atoms with Crippen LogP contribution >= 0.6 is 0 Å². The highest BCUT2D eigenvalue weighted by Crippen LogP contribution is 2.29. The number of ether oxygens (including phenoxy) is 2. The topological polar surface area (TPSA) is 67.9 Å². The van der Waals surface area contributed by atoms with Crippen LogP contribution in [0.25, 0.3) is 0 Å². The quantitative estimate of drug-likeness (QED) is 0.206. The molecule has 1 unspecified atom stereocenters. The lowest BCUT2D eigenvalue weighted by molar-refractivity contribution is -0.145. The lowest BCUT2D eigenvalue weighted by atomic mass is 10.1. The second-order valence-corrected chi connectivity index (χ2v) is 9.64. The van der Waals surface area contributed by atoms with Crippen LogP contribution in [0, 0.1) is 0 Å². The molecule has 2 aromatic carbocycles. The smallest absolute Gasteiger partial charge is 0.416 e. The molecule has 0 radical (unpaired) electrons. The van der Waals surface area contributed by atoms with E-state index in [1.165, 1.54) is 12.1 Å². The first kappa shape index (κ1) is 31.3. The number of carbonyl (C=O) groups is 2. The number of halogens is 3. The maximum atomic E-state index is 12.6. The Bertz CT molecular complexity index is 951. The lowest BCUT2D eigenvalue weighted by Crippen LogP contribution is -2.43. The molecule has 0 aliphatic rings. The third kappa shape index (κ3) is 13.6. The fourth-order valence-corrected chi connectivity index (χ4v) is 3.90. The van der Waals surface area contributed by atoms with Crippen LogP contribution in [0.1, 0.15) is 61.6 Å². The zero-order chi connectivity index (χ0) is 27.8. The lowest BCUT2D eigenvalue weighted by Gasteiger charge is -2.22. The van der Waals surface area contributed by atoms with Crippen LogP contribution in [0.4, 0.5) is 13.2 Å². The van der Waals surface area contributed by atoms with E-state index in [9.17, 15) is 22.8 Å². The van der Waals surface area contributed by atoms with E-state index in [0.29, 0.717) is 25.1 Å². The van der Waals surface area contributed by atoms with E-state index in [0.717, 1.165) is 49.8 Å². The molecule has 0 spiro atoms. The molecule has 2 aromatic rings. The summed E-state index contributed by atoms with van der Waals surface area (Å²) in [7, 11) is 3.78. The van der Waals surface area contributed by atoms with Gasteiger partial charge >= 0.3 is 12.1 Å². The summed E-state index contributed by atoms with van der Waals surface area (Å²) in [5.41, 5.74) is 0.963. The largest absolute Gasteiger partial charge is 0.461 e. The molecule has 0 aromatic heterocycles. The summed E-state index contributed by atoms with van der Waals surface area (Å²) in [6, 6.07) is 14.1. The summed E-state index contributed by atoms with van der Waals surface area (Å²) in [5.74, 6) is -0.422. The molecule has 0 saturated carbocycles. The molecule has 6 nitrogen and oxygen atoms in total. The number of alkyl halides is 3. The number of hydrogen-bond donors (Lipinski definition) is 1. The molecule has 0 aliphatic carbocycles. The van der Waals surface area contributed by atoms with E-state index in [1.807, 2.05) is 49.3 Å². The first-order valence-corrected chi connectivity index (χ1v) is 13.0. The highest BCUT2D eigenvalue weighted by molar-refractivity contribution is 5.77. The molecule has 1 atom stereocenters. The zero-order valence-electron chi connectivity index (χ0n) is 22.3. The van der Waals surface area contributed by atoms with E-state index >= 15 is 0 Å². The van der Waals surface area contributed by atoms with Gasteiger partial charge in [0.15, 0.2) is 0 Å². The molecule has 38 heavy (non-hydrogen) atoms. The number of rotatable bonds is 17. The summed E-state index contributed by atoms with van der Waals surface area (Å²) < 4.78 is 48.7. The summed E-state index contributed by atoms with van der Waals surface area (Å²) in [5, 5.41) is 2.96. The second-order valence-electron chi connectivity index (χ2n) is 9.64. The van der Waals surface area contributed by atoms with E-state index in [4.69, 9.17) is 9.47 Å². The molecule has 0 bridgehead atoms. The monoisotopic (exact) mass is 536 g/mol. The fraction of sp³-hybridized carbons (Fsp3) is 0.517. The standard InChI is InChI=1S/C29H39F3N2O4/c1-34(2)20-26(19-28(36)38-22-23-11-7-6-8-12-23)33-27(35)13-9-4-3-5-10-18-37-21-24-14-16-25(17-15-24)29(30,31)32/h6-8,11-12,14-17,26H,3-5,9-10,13,18-22H2,1-2H3,(H,33,35). The van der Waals surface area contributed by atoms with Crippen LogP contribution in [0.15, 0.2) is 54.6 Å². The average Bonchev–Trinajstić information content (AvgIpc) is 2.86. The van der Waals surface area contributed by atoms with Crippen molar-refractivity contribution in [2.24, 2.45) is 0 Å². The highest BCUT2D eigenvalue weighted by atomic mass is 19.4. The molecular formula is C29H39F3N2O4. The number of nitrogens with zero attached hydrogens (tertiary/aromatic N) is 1. The Balaban J connectivity index is 1.54. The fourth-order valence-electron chi connectivity index (χ4n) is 3.90. The van der Waals surface area contributed by atoms with Gasteiger partial charge < -0.3 is 19.7 Å². The van der Waals surface area contributed by atoms with Crippen LogP contribution in [-0.2, 0) is 38.5 Å². The summed E-state index contributed by atoms with van der Waals surface area (Å²) in [4.78, 5) is 26.6. The number of amides is 1. The number of hydrogen-bond acceptors (Lipinski definition) is 5. The van der Waals surface area contributed by atoms with Gasteiger partial charge in [-0.2, -0.15) is 13.2 Å². The van der Waals surface area contributed by atoms with Crippen molar-refractivity contribution >= 4 is 11.9 Å². The van der Waals surface area contributed by atoms with Gasteiger partial charge in [-0.25, -0.2) is 0 Å². The van der Waals surface area contributed by atoms with Gasteiger partial charge in [-0.1, -0.05) is 61.7 Å².